The molecule has 60 valence electrons. The molecule has 0 aliphatic rings. The molecule has 0 bridgehead atoms. The van der Waals surface area contributed by atoms with Crippen LogP contribution in [0, 0.1) is 11.3 Å². The lowest BCUT2D eigenvalue weighted by Gasteiger charge is -1.93. The van der Waals surface area contributed by atoms with Gasteiger partial charge in [-0.3, -0.25) is 0 Å². The predicted octanol–water partition coefficient (Wildman–Crippen LogP) is 3.38. The Bertz CT molecular complexity index is 330. The molecule has 0 heterocycles. The average molecular weight is 222 g/mol. The third kappa shape index (κ3) is 2.52. The van der Waals surface area contributed by atoms with E-state index in [0.717, 1.165) is 15.6 Å². The third-order valence-corrected chi connectivity index (χ3v) is 1.96. The van der Waals surface area contributed by atoms with Gasteiger partial charge in [-0.15, -0.1) is 0 Å². The normalized spacial score (nSPS) is 10.9. The zero-order valence-corrected chi connectivity index (χ0v) is 8.30. The topological polar surface area (TPSA) is 23.8 Å². The van der Waals surface area contributed by atoms with Crippen molar-refractivity contribution in [3.63, 3.8) is 0 Å². The minimum atomic E-state index is 0.720. The fourth-order valence-corrected chi connectivity index (χ4v) is 1.11. The maximum absolute atomic E-state index is 8.52. The quantitative estimate of drug-likeness (QED) is 0.668. The van der Waals surface area contributed by atoms with E-state index in [9.17, 15) is 0 Å². The molecule has 0 unspecified atom stereocenters. The molecule has 0 aromatic heterocycles. The third-order valence-electron chi connectivity index (χ3n) is 1.43. The van der Waals surface area contributed by atoms with Gasteiger partial charge < -0.3 is 0 Å². The van der Waals surface area contributed by atoms with Gasteiger partial charge >= 0.3 is 0 Å². The zero-order valence-electron chi connectivity index (χ0n) is 6.71. The Hall–Kier alpha value is -1.07. The molecular formula is C10H8BrN. The van der Waals surface area contributed by atoms with Gasteiger partial charge in [-0.25, -0.2) is 0 Å². The minimum Gasteiger partial charge on any atom is -0.193 e. The number of nitrogens with zero attached hydrogens (tertiary/aromatic N) is 1. The molecule has 1 nitrogen and oxygen atoms in total. The summed E-state index contributed by atoms with van der Waals surface area (Å²) in [6.45, 7) is 1.79. The van der Waals surface area contributed by atoms with Crippen LogP contribution in [0.25, 0.3) is 6.08 Å². The second kappa shape index (κ2) is 4.08. The van der Waals surface area contributed by atoms with Gasteiger partial charge in [-0.2, -0.15) is 5.26 Å². The predicted molar refractivity (Wildman–Crippen MR) is 53.4 cm³/mol. The summed E-state index contributed by atoms with van der Waals surface area (Å²) in [5.74, 6) is 0. The lowest BCUT2D eigenvalue weighted by Crippen LogP contribution is -1.73. The summed E-state index contributed by atoms with van der Waals surface area (Å²) in [7, 11) is 0. The van der Waals surface area contributed by atoms with Crippen LogP contribution in [0.3, 0.4) is 0 Å². The molecule has 12 heavy (non-hydrogen) atoms. The Morgan fingerprint density at radius 2 is 2.00 bits per heavy atom. The SMILES string of the molecule is CC(C#N)=Cc1ccc(Br)cc1. The highest BCUT2D eigenvalue weighted by Crippen LogP contribution is 2.12. The van der Waals surface area contributed by atoms with E-state index in [1.165, 1.54) is 0 Å². The zero-order chi connectivity index (χ0) is 8.97. The summed E-state index contributed by atoms with van der Waals surface area (Å²) >= 11 is 3.34. The van der Waals surface area contributed by atoms with E-state index in [4.69, 9.17) is 5.26 Å². The molecule has 0 atom stereocenters. The van der Waals surface area contributed by atoms with Gasteiger partial charge in [0.15, 0.2) is 0 Å². The fraction of sp³-hybridized carbons (Fsp3) is 0.100. The minimum absolute atomic E-state index is 0.720. The molecule has 2 heteroatoms. The lowest BCUT2D eigenvalue weighted by molar-refractivity contribution is 1.46. The highest BCUT2D eigenvalue weighted by Gasteiger charge is 1.89. The van der Waals surface area contributed by atoms with Crippen molar-refractivity contribution in [3.05, 3.63) is 39.9 Å². The number of allylic oxidation sites excluding steroid dienone is 1. The van der Waals surface area contributed by atoms with E-state index in [1.807, 2.05) is 30.3 Å². The molecule has 0 aliphatic heterocycles. The number of benzene rings is 1. The van der Waals surface area contributed by atoms with Crippen LogP contribution in [-0.4, -0.2) is 0 Å². The van der Waals surface area contributed by atoms with Crippen molar-refractivity contribution < 1.29 is 0 Å². The second-order valence-corrected chi connectivity index (χ2v) is 3.41. The summed E-state index contributed by atoms with van der Waals surface area (Å²) in [6, 6.07) is 9.91. The van der Waals surface area contributed by atoms with E-state index < -0.39 is 0 Å². The molecule has 0 N–H and O–H groups in total. The summed E-state index contributed by atoms with van der Waals surface area (Å²) in [6.07, 6.45) is 1.85. The highest BCUT2D eigenvalue weighted by atomic mass is 79.9. The van der Waals surface area contributed by atoms with Gasteiger partial charge in [0.2, 0.25) is 0 Å². The maximum Gasteiger partial charge on any atom is 0.0944 e. The van der Waals surface area contributed by atoms with Crippen LogP contribution >= 0.6 is 15.9 Å². The Kier molecular flexibility index (Phi) is 3.07. The molecular weight excluding hydrogens is 214 g/mol. The molecule has 0 spiro atoms. The highest BCUT2D eigenvalue weighted by molar-refractivity contribution is 9.10. The van der Waals surface area contributed by atoms with E-state index in [2.05, 4.69) is 22.0 Å². The van der Waals surface area contributed by atoms with Crippen LogP contribution in [0.15, 0.2) is 34.3 Å². The fourth-order valence-electron chi connectivity index (χ4n) is 0.841. The Labute approximate surface area is 80.5 Å². The summed E-state index contributed by atoms with van der Waals surface area (Å²) < 4.78 is 1.05. The first-order valence-electron chi connectivity index (χ1n) is 3.56. The Balaban J connectivity index is 2.93. The standard InChI is InChI=1S/C10H8BrN/c1-8(7-12)6-9-2-4-10(11)5-3-9/h2-6H,1H3. The van der Waals surface area contributed by atoms with E-state index in [-0.39, 0.29) is 0 Å². The first-order valence-corrected chi connectivity index (χ1v) is 4.35. The van der Waals surface area contributed by atoms with Gasteiger partial charge in [0.25, 0.3) is 0 Å². The number of rotatable bonds is 1. The van der Waals surface area contributed by atoms with Gasteiger partial charge in [-0.1, -0.05) is 28.1 Å². The van der Waals surface area contributed by atoms with Crippen LogP contribution in [0.5, 0.6) is 0 Å². The van der Waals surface area contributed by atoms with Gasteiger partial charge in [0, 0.05) is 10.0 Å². The van der Waals surface area contributed by atoms with Gasteiger partial charge in [0.05, 0.1) is 6.07 Å². The van der Waals surface area contributed by atoms with Crippen molar-refractivity contribution in [2.45, 2.75) is 6.92 Å². The summed E-state index contributed by atoms with van der Waals surface area (Å²) in [5.41, 5.74) is 1.77. The van der Waals surface area contributed by atoms with Crippen LogP contribution in [0.2, 0.25) is 0 Å². The molecule has 1 aromatic rings. The summed E-state index contributed by atoms with van der Waals surface area (Å²) in [4.78, 5) is 0. The Morgan fingerprint density at radius 3 is 2.50 bits per heavy atom. The molecule has 1 aromatic carbocycles. The van der Waals surface area contributed by atoms with Crippen LogP contribution in [0.4, 0.5) is 0 Å². The number of halogens is 1. The van der Waals surface area contributed by atoms with Crippen LogP contribution < -0.4 is 0 Å². The van der Waals surface area contributed by atoms with Crippen molar-refractivity contribution in [2.24, 2.45) is 0 Å². The van der Waals surface area contributed by atoms with Crippen molar-refractivity contribution in [1.82, 2.24) is 0 Å². The van der Waals surface area contributed by atoms with Crippen molar-refractivity contribution in [2.75, 3.05) is 0 Å². The first kappa shape index (κ1) is 9.02. The van der Waals surface area contributed by atoms with Crippen molar-refractivity contribution in [3.8, 4) is 6.07 Å². The number of hydrogen-bond donors (Lipinski definition) is 0. The molecule has 1 rings (SSSR count). The average Bonchev–Trinajstić information content (AvgIpc) is 2.09. The Morgan fingerprint density at radius 1 is 1.42 bits per heavy atom. The molecule has 0 saturated carbocycles. The van der Waals surface area contributed by atoms with E-state index in [1.54, 1.807) is 6.92 Å². The maximum atomic E-state index is 8.52. The monoisotopic (exact) mass is 221 g/mol. The van der Waals surface area contributed by atoms with E-state index >= 15 is 0 Å². The van der Waals surface area contributed by atoms with Crippen LogP contribution in [0.1, 0.15) is 12.5 Å². The molecule has 0 aliphatic carbocycles. The molecule has 0 amide bonds. The van der Waals surface area contributed by atoms with Crippen molar-refractivity contribution >= 4 is 22.0 Å². The number of nitriles is 1. The lowest BCUT2D eigenvalue weighted by atomic mass is 10.1. The smallest absolute Gasteiger partial charge is 0.0944 e. The van der Waals surface area contributed by atoms with Crippen molar-refractivity contribution in [1.29, 1.82) is 5.26 Å². The van der Waals surface area contributed by atoms with Crippen LogP contribution in [-0.2, 0) is 0 Å². The number of hydrogen-bond acceptors (Lipinski definition) is 1. The second-order valence-electron chi connectivity index (χ2n) is 2.49. The summed E-state index contributed by atoms with van der Waals surface area (Å²) in [5, 5.41) is 8.52. The molecule has 0 radical (unpaired) electrons. The first-order chi connectivity index (χ1) is 5.72. The largest absolute Gasteiger partial charge is 0.193 e. The van der Waals surface area contributed by atoms with Gasteiger partial charge in [0.1, 0.15) is 0 Å². The van der Waals surface area contributed by atoms with Gasteiger partial charge in [-0.05, 0) is 30.7 Å². The molecule has 0 saturated heterocycles. The molecule has 0 fully saturated rings. The van der Waals surface area contributed by atoms with E-state index in [0.29, 0.717) is 0 Å².